The molecular formula is C12H18ClN3O. The molecule has 0 saturated carbocycles. The van der Waals surface area contributed by atoms with Crippen LogP contribution in [0.2, 0.25) is 0 Å². The van der Waals surface area contributed by atoms with E-state index in [-0.39, 0.29) is 18.3 Å². The highest BCUT2D eigenvalue weighted by molar-refractivity contribution is 5.93. The van der Waals surface area contributed by atoms with Crippen molar-refractivity contribution < 1.29 is 4.79 Å². The summed E-state index contributed by atoms with van der Waals surface area (Å²) in [5, 5.41) is 5.69. The number of nitrogens with one attached hydrogen (secondary N) is 2. The highest BCUT2D eigenvalue weighted by Crippen LogP contribution is 2.29. The van der Waals surface area contributed by atoms with Gasteiger partial charge in [-0.2, -0.15) is 0 Å². The average Bonchev–Trinajstić information content (AvgIpc) is 2.61. The van der Waals surface area contributed by atoms with Crippen LogP contribution in [0.25, 0.3) is 0 Å². The number of rotatable bonds is 3. The summed E-state index contributed by atoms with van der Waals surface area (Å²) in [6.07, 6.45) is 1.09. The molecule has 0 radical (unpaired) electrons. The first kappa shape index (κ1) is 13.8. The number of amides is 1. The van der Waals surface area contributed by atoms with E-state index in [0.29, 0.717) is 6.54 Å². The molecule has 1 heterocycles. The van der Waals surface area contributed by atoms with Crippen LogP contribution in [-0.2, 0) is 11.2 Å². The first-order valence-electron chi connectivity index (χ1n) is 5.49. The van der Waals surface area contributed by atoms with Gasteiger partial charge in [-0.05, 0) is 31.2 Å². The number of hydrogen-bond acceptors (Lipinski definition) is 3. The zero-order valence-electron chi connectivity index (χ0n) is 10.1. The van der Waals surface area contributed by atoms with Gasteiger partial charge in [0.1, 0.15) is 0 Å². The predicted octanol–water partition coefficient (Wildman–Crippen LogP) is 1.26. The third kappa shape index (κ3) is 3.11. The van der Waals surface area contributed by atoms with Gasteiger partial charge in [0.05, 0.1) is 6.54 Å². The smallest absolute Gasteiger partial charge is 0.238 e. The van der Waals surface area contributed by atoms with E-state index in [2.05, 4.69) is 28.6 Å². The fourth-order valence-electron chi connectivity index (χ4n) is 1.98. The molecule has 0 aliphatic carbocycles. The van der Waals surface area contributed by atoms with Gasteiger partial charge < -0.3 is 15.5 Å². The van der Waals surface area contributed by atoms with Crippen molar-refractivity contribution in [3.05, 3.63) is 23.8 Å². The number of carbonyl (C=O) groups excluding carboxylic acids is 1. The molecule has 0 spiro atoms. The number of likely N-dealkylation sites (N-methyl/N-ethyl adjacent to an activating group) is 2. The summed E-state index contributed by atoms with van der Waals surface area (Å²) in [5.74, 6) is -0.0110. The Bertz CT molecular complexity index is 409. The largest absolute Gasteiger partial charge is 0.374 e. The van der Waals surface area contributed by atoms with Crippen LogP contribution in [-0.4, -0.2) is 33.1 Å². The van der Waals surface area contributed by atoms with Gasteiger partial charge in [0.2, 0.25) is 5.91 Å². The minimum Gasteiger partial charge on any atom is -0.374 e. The van der Waals surface area contributed by atoms with Gasteiger partial charge in [-0.1, -0.05) is 6.07 Å². The van der Waals surface area contributed by atoms with Crippen molar-refractivity contribution in [1.29, 1.82) is 0 Å². The molecule has 5 heteroatoms. The molecule has 0 saturated heterocycles. The van der Waals surface area contributed by atoms with Gasteiger partial charge in [0.15, 0.2) is 0 Å². The Balaban J connectivity index is 0.00000144. The zero-order chi connectivity index (χ0) is 11.5. The number of benzene rings is 1. The van der Waals surface area contributed by atoms with E-state index in [9.17, 15) is 4.79 Å². The third-order valence-corrected chi connectivity index (χ3v) is 2.83. The van der Waals surface area contributed by atoms with Crippen molar-refractivity contribution in [2.24, 2.45) is 0 Å². The summed E-state index contributed by atoms with van der Waals surface area (Å²) >= 11 is 0. The predicted molar refractivity (Wildman–Crippen MR) is 73.2 cm³/mol. The Morgan fingerprint density at radius 1 is 1.47 bits per heavy atom. The standard InChI is InChI=1S/C12H17N3O.ClH/c1-13-8-12(16)14-10-4-3-9-5-6-15(2)11(9)7-10;/h3-4,7,13H,5-6,8H2,1-2H3,(H,14,16);1H. The Morgan fingerprint density at radius 3 is 2.94 bits per heavy atom. The quantitative estimate of drug-likeness (QED) is 0.855. The number of nitrogens with zero attached hydrogens (tertiary/aromatic N) is 1. The highest BCUT2D eigenvalue weighted by Gasteiger charge is 2.15. The second-order valence-electron chi connectivity index (χ2n) is 4.09. The lowest BCUT2D eigenvalue weighted by atomic mass is 10.1. The Hall–Kier alpha value is -1.26. The molecule has 17 heavy (non-hydrogen) atoms. The maximum absolute atomic E-state index is 11.4. The lowest BCUT2D eigenvalue weighted by Crippen LogP contribution is -2.25. The molecule has 1 aliphatic rings. The summed E-state index contributed by atoms with van der Waals surface area (Å²) in [6.45, 7) is 1.40. The van der Waals surface area contributed by atoms with E-state index in [1.54, 1.807) is 7.05 Å². The summed E-state index contributed by atoms with van der Waals surface area (Å²) in [5.41, 5.74) is 3.45. The van der Waals surface area contributed by atoms with Crippen molar-refractivity contribution in [1.82, 2.24) is 5.32 Å². The van der Waals surface area contributed by atoms with Crippen molar-refractivity contribution >= 4 is 29.7 Å². The Labute approximate surface area is 108 Å². The Kier molecular flexibility index (Phi) is 4.78. The third-order valence-electron chi connectivity index (χ3n) is 2.83. The molecule has 0 unspecified atom stereocenters. The Morgan fingerprint density at radius 2 is 2.24 bits per heavy atom. The van der Waals surface area contributed by atoms with Gasteiger partial charge in [-0.15, -0.1) is 12.4 Å². The van der Waals surface area contributed by atoms with Crippen LogP contribution in [0.1, 0.15) is 5.56 Å². The molecule has 0 fully saturated rings. The highest BCUT2D eigenvalue weighted by atomic mass is 35.5. The number of hydrogen-bond donors (Lipinski definition) is 2. The number of anilines is 2. The molecule has 1 aromatic rings. The fraction of sp³-hybridized carbons (Fsp3) is 0.417. The topological polar surface area (TPSA) is 44.4 Å². The SMILES string of the molecule is CNCC(=O)Nc1ccc2c(c1)N(C)CC2.Cl. The monoisotopic (exact) mass is 255 g/mol. The molecule has 94 valence electrons. The molecule has 1 aromatic carbocycles. The maximum Gasteiger partial charge on any atom is 0.238 e. The molecule has 1 aliphatic heterocycles. The van der Waals surface area contributed by atoms with Crippen molar-refractivity contribution in [2.45, 2.75) is 6.42 Å². The molecule has 4 nitrogen and oxygen atoms in total. The minimum atomic E-state index is -0.0110. The van der Waals surface area contributed by atoms with Crippen LogP contribution >= 0.6 is 12.4 Å². The molecule has 0 bridgehead atoms. The van der Waals surface area contributed by atoms with Gasteiger partial charge in [0, 0.05) is 25.0 Å². The summed E-state index contributed by atoms with van der Waals surface area (Å²) in [7, 11) is 3.83. The number of halogens is 1. The summed E-state index contributed by atoms with van der Waals surface area (Å²) < 4.78 is 0. The van der Waals surface area contributed by atoms with Gasteiger partial charge in [-0.3, -0.25) is 4.79 Å². The van der Waals surface area contributed by atoms with Crippen molar-refractivity contribution in [3.8, 4) is 0 Å². The van der Waals surface area contributed by atoms with Gasteiger partial charge in [-0.25, -0.2) is 0 Å². The van der Waals surface area contributed by atoms with Crippen molar-refractivity contribution in [3.63, 3.8) is 0 Å². The van der Waals surface area contributed by atoms with Crippen molar-refractivity contribution in [2.75, 3.05) is 37.4 Å². The molecule has 0 atom stereocenters. The lowest BCUT2D eigenvalue weighted by molar-refractivity contribution is -0.115. The van der Waals surface area contributed by atoms with Crippen LogP contribution in [0.15, 0.2) is 18.2 Å². The fourth-order valence-corrected chi connectivity index (χ4v) is 1.98. The molecule has 2 rings (SSSR count). The second-order valence-corrected chi connectivity index (χ2v) is 4.09. The number of carbonyl (C=O) groups is 1. The van der Waals surface area contributed by atoms with E-state index in [0.717, 1.165) is 18.7 Å². The molecule has 1 amide bonds. The van der Waals surface area contributed by atoms with Crippen LogP contribution in [0.5, 0.6) is 0 Å². The van der Waals surface area contributed by atoms with Crippen LogP contribution in [0.3, 0.4) is 0 Å². The van der Waals surface area contributed by atoms with E-state index < -0.39 is 0 Å². The van der Waals surface area contributed by atoms with Gasteiger partial charge in [0.25, 0.3) is 0 Å². The van der Waals surface area contributed by atoms with E-state index >= 15 is 0 Å². The molecule has 0 aromatic heterocycles. The second kappa shape index (κ2) is 5.89. The maximum atomic E-state index is 11.4. The van der Waals surface area contributed by atoms with Crippen LogP contribution < -0.4 is 15.5 Å². The summed E-state index contributed by atoms with van der Waals surface area (Å²) in [4.78, 5) is 13.6. The molecular weight excluding hydrogens is 238 g/mol. The minimum absolute atomic E-state index is 0. The van der Waals surface area contributed by atoms with E-state index in [4.69, 9.17) is 0 Å². The molecule has 2 N–H and O–H groups in total. The van der Waals surface area contributed by atoms with Gasteiger partial charge >= 0.3 is 0 Å². The zero-order valence-corrected chi connectivity index (χ0v) is 10.9. The first-order valence-corrected chi connectivity index (χ1v) is 5.49. The van der Waals surface area contributed by atoms with E-state index in [1.165, 1.54) is 11.3 Å². The lowest BCUT2D eigenvalue weighted by Gasteiger charge is -2.13. The van der Waals surface area contributed by atoms with Crippen LogP contribution in [0, 0.1) is 0 Å². The van der Waals surface area contributed by atoms with E-state index in [1.807, 2.05) is 12.1 Å². The first-order chi connectivity index (χ1) is 7.70. The number of fused-ring (bicyclic) bond motifs is 1. The normalized spacial score (nSPS) is 12.9. The average molecular weight is 256 g/mol. The van der Waals surface area contributed by atoms with Crippen LogP contribution in [0.4, 0.5) is 11.4 Å². The summed E-state index contributed by atoms with van der Waals surface area (Å²) in [6, 6.07) is 6.09.